The molecule has 0 spiro atoms. The molecule has 0 bridgehead atoms. The van der Waals surface area contributed by atoms with Gasteiger partial charge < -0.3 is 15.0 Å². The van der Waals surface area contributed by atoms with Crippen molar-refractivity contribution in [1.82, 2.24) is 20.5 Å². The number of benzene rings is 2. The lowest BCUT2D eigenvalue weighted by molar-refractivity contribution is 0.140. The SMILES string of the molecule is O=C(NC(Oc1cccnc1)c1ccc(-c2ccccc2)cc1)N1CCNCC1. The molecule has 2 amide bonds. The lowest BCUT2D eigenvalue weighted by Crippen LogP contribution is -2.51. The van der Waals surface area contributed by atoms with Gasteiger partial charge in [-0.05, 0) is 23.3 Å². The predicted octanol–water partition coefficient (Wildman–Crippen LogP) is 3.44. The van der Waals surface area contributed by atoms with Crippen molar-refractivity contribution in [1.29, 1.82) is 0 Å². The van der Waals surface area contributed by atoms with Gasteiger partial charge in [0.1, 0.15) is 5.75 Å². The summed E-state index contributed by atoms with van der Waals surface area (Å²) in [7, 11) is 0. The van der Waals surface area contributed by atoms with Crippen LogP contribution in [0.4, 0.5) is 4.79 Å². The number of urea groups is 1. The number of hydrogen-bond donors (Lipinski definition) is 2. The first kappa shape index (κ1) is 19.0. The highest BCUT2D eigenvalue weighted by Gasteiger charge is 2.22. The average Bonchev–Trinajstić information content (AvgIpc) is 2.80. The number of carbonyl (C=O) groups excluding carboxylic acids is 1. The third-order valence-corrected chi connectivity index (χ3v) is 4.87. The van der Waals surface area contributed by atoms with Crippen molar-refractivity contribution < 1.29 is 9.53 Å². The minimum Gasteiger partial charge on any atom is -0.465 e. The van der Waals surface area contributed by atoms with Crippen LogP contribution in [0.15, 0.2) is 79.1 Å². The molecule has 1 aromatic heterocycles. The van der Waals surface area contributed by atoms with E-state index in [2.05, 4.69) is 27.8 Å². The topological polar surface area (TPSA) is 66.5 Å². The molecule has 1 atom stereocenters. The van der Waals surface area contributed by atoms with Gasteiger partial charge in [0.25, 0.3) is 0 Å². The van der Waals surface area contributed by atoms with Gasteiger partial charge in [-0.1, -0.05) is 54.6 Å². The van der Waals surface area contributed by atoms with E-state index in [4.69, 9.17) is 4.74 Å². The molecular weight excluding hydrogens is 364 g/mol. The van der Waals surface area contributed by atoms with Crippen molar-refractivity contribution in [2.75, 3.05) is 26.2 Å². The number of nitrogens with zero attached hydrogens (tertiary/aromatic N) is 2. The first-order valence-corrected chi connectivity index (χ1v) is 9.78. The van der Waals surface area contributed by atoms with Gasteiger partial charge in [0.05, 0.1) is 6.20 Å². The number of ether oxygens (including phenoxy) is 1. The zero-order chi connectivity index (χ0) is 19.9. The fourth-order valence-electron chi connectivity index (χ4n) is 3.29. The van der Waals surface area contributed by atoms with E-state index in [0.29, 0.717) is 18.8 Å². The molecule has 1 saturated heterocycles. The van der Waals surface area contributed by atoms with Crippen LogP contribution in [-0.4, -0.2) is 42.1 Å². The van der Waals surface area contributed by atoms with Gasteiger partial charge in [-0.15, -0.1) is 0 Å². The first-order valence-electron chi connectivity index (χ1n) is 9.78. The Labute approximate surface area is 170 Å². The predicted molar refractivity (Wildman–Crippen MR) is 112 cm³/mol. The standard InChI is InChI=1S/C23H24N4O2/c28-23(27-15-13-24-14-16-27)26-22(29-21-7-4-12-25-17-21)20-10-8-19(9-11-20)18-5-2-1-3-6-18/h1-12,17,22,24H,13-16H2,(H,26,28). The monoisotopic (exact) mass is 388 g/mol. The number of rotatable bonds is 5. The van der Waals surface area contributed by atoms with Crippen molar-refractivity contribution in [3.63, 3.8) is 0 Å². The second kappa shape index (κ2) is 9.21. The Kier molecular flexibility index (Phi) is 6.02. The summed E-state index contributed by atoms with van der Waals surface area (Å²) in [5.74, 6) is 0.602. The average molecular weight is 388 g/mol. The molecule has 1 unspecified atom stereocenters. The van der Waals surface area contributed by atoms with E-state index in [1.165, 1.54) is 0 Å². The summed E-state index contributed by atoms with van der Waals surface area (Å²) in [6, 6.07) is 21.8. The second-order valence-corrected chi connectivity index (χ2v) is 6.86. The highest BCUT2D eigenvalue weighted by atomic mass is 16.5. The summed E-state index contributed by atoms with van der Waals surface area (Å²) in [5.41, 5.74) is 3.13. The fourth-order valence-corrected chi connectivity index (χ4v) is 3.29. The van der Waals surface area contributed by atoms with Crippen LogP contribution in [0.5, 0.6) is 5.75 Å². The summed E-state index contributed by atoms with van der Waals surface area (Å²) in [6.07, 6.45) is 2.73. The summed E-state index contributed by atoms with van der Waals surface area (Å²) in [5, 5.41) is 6.27. The second-order valence-electron chi connectivity index (χ2n) is 6.86. The Morgan fingerprint density at radius 2 is 1.69 bits per heavy atom. The first-order chi connectivity index (χ1) is 14.3. The number of aromatic nitrogens is 1. The minimum atomic E-state index is -0.605. The highest BCUT2D eigenvalue weighted by molar-refractivity contribution is 5.75. The molecule has 2 aromatic carbocycles. The number of hydrogen-bond acceptors (Lipinski definition) is 4. The summed E-state index contributed by atoms with van der Waals surface area (Å²) in [4.78, 5) is 18.6. The van der Waals surface area contributed by atoms with Gasteiger partial charge in [0.2, 0.25) is 0 Å². The van der Waals surface area contributed by atoms with E-state index in [0.717, 1.165) is 29.8 Å². The maximum Gasteiger partial charge on any atom is 0.320 e. The Morgan fingerprint density at radius 3 is 2.38 bits per heavy atom. The molecule has 1 aliphatic heterocycles. The van der Waals surface area contributed by atoms with Crippen LogP contribution in [-0.2, 0) is 0 Å². The summed E-state index contributed by atoms with van der Waals surface area (Å²) in [6.45, 7) is 2.96. The molecule has 4 rings (SSSR count). The van der Waals surface area contributed by atoms with Gasteiger partial charge in [0.15, 0.2) is 6.23 Å². The van der Waals surface area contributed by atoms with Gasteiger partial charge in [-0.3, -0.25) is 10.3 Å². The van der Waals surface area contributed by atoms with E-state index in [9.17, 15) is 4.79 Å². The molecule has 3 aromatic rings. The lowest BCUT2D eigenvalue weighted by Gasteiger charge is -2.30. The van der Waals surface area contributed by atoms with Crippen molar-refractivity contribution >= 4 is 6.03 Å². The molecule has 1 aliphatic rings. The fraction of sp³-hybridized carbons (Fsp3) is 0.217. The zero-order valence-corrected chi connectivity index (χ0v) is 16.1. The normalized spacial score (nSPS) is 14.8. The van der Waals surface area contributed by atoms with Gasteiger partial charge in [-0.2, -0.15) is 0 Å². The van der Waals surface area contributed by atoms with Crippen LogP contribution in [0.25, 0.3) is 11.1 Å². The Morgan fingerprint density at radius 1 is 0.966 bits per heavy atom. The van der Waals surface area contributed by atoms with Crippen molar-refractivity contribution in [2.45, 2.75) is 6.23 Å². The molecule has 6 nitrogen and oxygen atoms in total. The molecule has 0 aliphatic carbocycles. The Hall–Kier alpha value is -3.38. The molecule has 0 saturated carbocycles. The maximum atomic E-state index is 12.8. The van der Waals surface area contributed by atoms with Crippen LogP contribution < -0.4 is 15.4 Å². The number of piperazine rings is 1. The Bertz CT molecular complexity index is 911. The lowest BCUT2D eigenvalue weighted by atomic mass is 10.0. The molecule has 6 heteroatoms. The van der Waals surface area contributed by atoms with E-state index in [1.54, 1.807) is 17.3 Å². The van der Waals surface area contributed by atoms with Crippen LogP contribution in [0.2, 0.25) is 0 Å². The van der Waals surface area contributed by atoms with Crippen molar-refractivity contribution in [2.24, 2.45) is 0 Å². The minimum absolute atomic E-state index is 0.132. The van der Waals surface area contributed by atoms with E-state index < -0.39 is 6.23 Å². The van der Waals surface area contributed by atoms with Gasteiger partial charge >= 0.3 is 6.03 Å². The molecular formula is C23H24N4O2. The van der Waals surface area contributed by atoms with Crippen molar-refractivity contribution in [3.8, 4) is 16.9 Å². The number of nitrogens with one attached hydrogen (secondary N) is 2. The van der Waals surface area contributed by atoms with E-state index >= 15 is 0 Å². The molecule has 0 radical (unpaired) electrons. The molecule has 2 heterocycles. The molecule has 148 valence electrons. The third-order valence-electron chi connectivity index (χ3n) is 4.87. The number of amides is 2. The third kappa shape index (κ3) is 4.92. The van der Waals surface area contributed by atoms with E-state index in [-0.39, 0.29) is 6.03 Å². The molecule has 2 N–H and O–H groups in total. The van der Waals surface area contributed by atoms with Gasteiger partial charge in [0, 0.05) is 37.9 Å². The van der Waals surface area contributed by atoms with Crippen LogP contribution in [0, 0.1) is 0 Å². The summed E-state index contributed by atoms with van der Waals surface area (Å²) < 4.78 is 6.07. The summed E-state index contributed by atoms with van der Waals surface area (Å²) >= 11 is 0. The van der Waals surface area contributed by atoms with Crippen LogP contribution in [0.3, 0.4) is 0 Å². The highest BCUT2D eigenvalue weighted by Crippen LogP contribution is 2.24. The van der Waals surface area contributed by atoms with Crippen LogP contribution in [0.1, 0.15) is 11.8 Å². The largest absolute Gasteiger partial charge is 0.465 e. The van der Waals surface area contributed by atoms with E-state index in [1.807, 2.05) is 54.6 Å². The van der Waals surface area contributed by atoms with Crippen LogP contribution >= 0.6 is 0 Å². The van der Waals surface area contributed by atoms with Gasteiger partial charge in [-0.25, -0.2) is 4.79 Å². The number of carbonyl (C=O) groups is 1. The Balaban J connectivity index is 1.54. The molecule has 29 heavy (non-hydrogen) atoms. The van der Waals surface area contributed by atoms with Crippen molar-refractivity contribution in [3.05, 3.63) is 84.7 Å². The maximum absolute atomic E-state index is 12.8. The smallest absolute Gasteiger partial charge is 0.320 e. The molecule has 1 fully saturated rings. The zero-order valence-electron chi connectivity index (χ0n) is 16.1. The number of pyridine rings is 1. The quantitative estimate of drug-likeness (QED) is 0.657.